The number of ether oxygens (including phenoxy) is 1. The van der Waals surface area contributed by atoms with E-state index in [0.717, 1.165) is 29.4 Å². The summed E-state index contributed by atoms with van der Waals surface area (Å²) < 4.78 is 6.55. The Labute approximate surface area is 172 Å². The van der Waals surface area contributed by atoms with Crippen molar-refractivity contribution in [2.45, 2.75) is 6.54 Å². The van der Waals surface area contributed by atoms with Crippen LogP contribution in [0.5, 0.6) is 5.75 Å². The molecule has 0 atom stereocenters. The maximum atomic E-state index is 12.8. The second-order valence-corrected chi connectivity index (χ2v) is 7.71. The minimum absolute atomic E-state index is 0.0444. The van der Waals surface area contributed by atoms with E-state index >= 15 is 0 Å². The summed E-state index contributed by atoms with van der Waals surface area (Å²) in [7, 11) is 1.65. The quantitative estimate of drug-likeness (QED) is 0.646. The van der Waals surface area contributed by atoms with E-state index < -0.39 is 0 Å². The number of benzene rings is 1. The van der Waals surface area contributed by atoms with E-state index in [1.54, 1.807) is 29.4 Å². The number of methoxy groups -OCH3 is 1. The number of hydrogen-bond donors (Lipinski definition) is 0. The lowest BCUT2D eigenvalue weighted by atomic mass is 10.2. The zero-order valence-electron chi connectivity index (χ0n) is 16.2. The highest BCUT2D eigenvalue weighted by atomic mass is 32.1. The highest BCUT2D eigenvalue weighted by molar-refractivity contribution is 7.13. The molecule has 1 aliphatic heterocycles. The molecule has 0 aliphatic carbocycles. The van der Waals surface area contributed by atoms with Crippen LogP contribution in [0.4, 0.5) is 5.69 Å². The number of carbonyl (C=O) groups is 1. The monoisotopic (exact) mass is 410 g/mol. The summed E-state index contributed by atoms with van der Waals surface area (Å²) in [4.78, 5) is 29.9. The van der Waals surface area contributed by atoms with Gasteiger partial charge < -0.3 is 14.5 Å². The summed E-state index contributed by atoms with van der Waals surface area (Å²) in [5, 5.41) is 6.33. The van der Waals surface area contributed by atoms with Gasteiger partial charge in [-0.3, -0.25) is 9.59 Å². The number of amides is 1. The van der Waals surface area contributed by atoms with Crippen molar-refractivity contribution in [3.63, 3.8) is 0 Å². The van der Waals surface area contributed by atoms with E-state index in [1.807, 2.05) is 41.8 Å². The number of piperazine rings is 1. The summed E-state index contributed by atoms with van der Waals surface area (Å²) in [6.07, 6.45) is 0. The molecule has 0 bridgehead atoms. The smallest absolute Gasteiger partial charge is 0.267 e. The normalized spacial score (nSPS) is 14.1. The first-order chi connectivity index (χ1) is 14.1. The van der Waals surface area contributed by atoms with Crippen LogP contribution in [0, 0.1) is 0 Å². The number of carbonyl (C=O) groups excluding carboxylic acids is 1. The number of anilines is 1. The number of nitrogens with zero attached hydrogens (tertiary/aromatic N) is 4. The molecule has 29 heavy (non-hydrogen) atoms. The fraction of sp³-hybridized carbons (Fsp3) is 0.286. The molecule has 0 unspecified atom stereocenters. The van der Waals surface area contributed by atoms with Gasteiger partial charge >= 0.3 is 0 Å². The molecule has 0 radical (unpaired) electrons. The Balaban J connectivity index is 1.40. The van der Waals surface area contributed by atoms with Crippen LogP contribution in [0.2, 0.25) is 0 Å². The first-order valence-electron chi connectivity index (χ1n) is 9.43. The van der Waals surface area contributed by atoms with Gasteiger partial charge in [-0.15, -0.1) is 11.3 Å². The van der Waals surface area contributed by atoms with E-state index in [1.165, 1.54) is 10.7 Å². The lowest BCUT2D eigenvalue weighted by Gasteiger charge is -2.36. The topological polar surface area (TPSA) is 67.7 Å². The van der Waals surface area contributed by atoms with Crippen LogP contribution < -0.4 is 15.2 Å². The Morgan fingerprint density at radius 3 is 2.66 bits per heavy atom. The Kier molecular flexibility index (Phi) is 5.62. The van der Waals surface area contributed by atoms with Crippen molar-refractivity contribution >= 4 is 22.9 Å². The minimum atomic E-state index is -0.270. The maximum Gasteiger partial charge on any atom is 0.267 e. The summed E-state index contributed by atoms with van der Waals surface area (Å²) in [5.41, 5.74) is 1.52. The molecular formula is C21H22N4O3S. The lowest BCUT2D eigenvalue weighted by molar-refractivity contribution is -0.132. The van der Waals surface area contributed by atoms with E-state index in [-0.39, 0.29) is 18.0 Å². The zero-order chi connectivity index (χ0) is 20.2. The molecule has 4 rings (SSSR count). The first kappa shape index (κ1) is 19.2. The number of rotatable bonds is 5. The van der Waals surface area contributed by atoms with E-state index in [9.17, 15) is 9.59 Å². The molecule has 1 fully saturated rings. The van der Waals surface area contributed by atoms with Gasteiger partial charge in [-0.25, -0.2) is 4.68 Å². The van der Waals surface area contributed by atoms with Gasteiger partial charge in [0.1, 0.15) is 18.0 Å². The molecule has 3 heterocycles. The molecule has 8 heteroatoms. The molecule has 2 aromatic heterocycles. The standard InChI is InChI=1S/C21H22N4O3S/c1-28-17-5-2-4-16(14-17)23-9-11-24(12-10-23)21(27)15-25-20(26)8-7-18(22-25)19-6-3-13-29-19/h2-8,13-14H,9-12,15H2,1H3. The van der Waals surface area contributed by atoms with Crippen LogP contribution in [-0.4, -0.2) is 53.9 Å². The van der Waals surface area contributed by atoms with Gasteiger partial charge in [0.15, 0.2) is 0 Å². The van der Waals surface area contributed by atoms with Crippen LogP contribution in [0.1, 0.15) is 0 Å². The highest BCUT2D eigenvalue weighted by Gasteiger charge is 2.22. The van der Waals surface area contributed by atoms with Gasteiger partial charge in [0, 0.05) is 44.0 Å². The van der Waals surface area contributed by atoms with Crippen molar-refractivity contribution in [1.82, 2.24) is 14.7 Å². The predicted octanol–water partition coefficient (Wildman–Crippen LogP) is 2.33. The van der Waals surface area contributed by atoms with Crippen molar-refractivity contribution in [1.29, 1.82) is 0 Å². The van der Waals surface area contributed by atoms with Gasteiger partial charge in [0.25, 0.3) is 5.56 Å². The molecule has 150 valence electrons. The van der Waals surface area contributed by atoms with E-state index in [0.29, 0.717) is 18.8 Å². The predicted molar refractivity (Wildman–Crippen MR) is 114 cm³/mol. The molecule has 1 amide bonds. The molecule has 0 saturated carbocycles. The van der Waals surface area contributed by atoms with Crippen molar-refractivity contribution < 1.29 is 9.53 Å². The van der Waals surface area contributed by atoms with Gasteiger partial charge in [-0.1, -0.05) is 12.1 Å². The van der Waals surface area contributed by atoms with E-state index in [4.69, 9.17) is 4.74 Å². The molecule has 0 N–H and O–H groups in total. The zero-order valence-corrected chi connectivity index (χ0v) is 17.0. The van der Waals surface area contributed by atoms with Crippen molar-refractivity contribution in [2.24, 2.45) is 0 Å². The molecule has 3 aromatic rings. The van der Waals surface area contributed by atoms with Crippen molar-refractivity contribution in [3.05, 3.63) is 64.3 Å². The second kappa shape index (κ2) is 8.48. The van der Waals surface area contributed by atoms with Gasteiger partial charge in [0.05, 0.1) is 12.0 Å². The summed E-state index contributed by atoms with van der Waals surface area (Å²) in [5.74, 6) is 0.727. The molecule has 1 aromatic carbocycles. The van der Waals surface area contributed by atoms with Crippen LogP contribution in [0.15, 0.2) is 58.7 Å². The van der Waals surface area contributed by atoms with Crippen molar-refractivity contribution in [2.75, 3.05) is 38.2 Å². The van der Waals surface area contributed by atoms with Crippen LogP contribution in [-0.2, 0) is 11.3 Å². The second-order valence-electron chi connectivity index (χ2n) is 6.76. The molecule has 1 saturated heterocycles. The maximum absolute atomic E-state index is 12.8. The fourth-order valence-electron chi connectivity index (χ4n) is 3.37. The SMILES string of the molecule is COc1cccc(N2CCN(C(=O)Cn3nc(-c4cccs4)ccc3=O)CC2)c1. The van der Waals surface area contributed by atoms with Crippen LogP contribution in [0.25, 0.3) is 10.6 Å². The third-order valence-corrected chi connectivity index (χ3v) is 5.87. The average molecular weight is 410 g/mol. The van der Waals surface area contributed by atoms with E-state index in [2.05, 4.69) is 10.00 Å². The summed E-state index contributed by atoms with van der Waals surface area (Å²) >= 11 is 1.55. The van der Waals surface area contributed by atoms with Crippen LogP contribution in [0.3, 0.4) is 0 Å². The van der Waals surface area contributed by atoms with Crippen molar-refractivity contribution in [3.8, 4) is 16.3 Å². The molecule has 1 aliphatic rings. The molecular weight excluding hydrogens is 388 g/mol. The Morgan fingerprint density at radius 1 is 1.10 bits per heavy atom. The van der Waals surface area contributed by atoms with Gasteiger partial charge in [-0.2, -0.15) is 5.10 Å². The summed E-state index contributed by atoms with van der Waals surface area (Å²) in [6, 6.07) is 15.0. The van der Waals surface area contributed by atoms with Gasteiger partial charge in [-0.05, 0) is 29.6 Å². The summed E-state index contributed by atoms with van der Waals surface area (Å²) in [6.45, 7) is 2.63. The average Bonchev–Trinajstić information content (AvgIpc) is 3.30. The minimum Gasteiger partial charge on any atom is -0.497 e. The largest absolute Gasteiger partial charge is 0.497 e. The number of thiophene rings is 1. The third kappa shape index (κ3) is 4.32. The molecule has 7 nitrogen and oxygen atoms in total. The Hall–Kier alpha value is -3.13. The number of hydrogen-bond acceptors (Lipinski definition) is 6. The third-order valence-electron chi connectivity index (χ3n) is 4.98. The fourth-order valence-corrected chi connectivity index (χ4v) is 4.06. The van der Waals surface area contributed by atoms with Gasteiger partial charge in [0.2, 0.25) is 5.91 Å². The lowest BCUT2D eigenvalue weighted by Crippen LogP contribution is -2.50. The Bertz CT molecular complexity index is 1040. The highest BCUT2D eigenvalue weighted by Crippen LogP contribution is 2.23. The number of aromatic nitrogens is 2. The van der Waals surface area contributed by atoms with Crippen LogP contribution >= 0.6 is 11.3 Å². The molecule has 0 spiro atoms. The Morgan fingerprint density at radius 2 is 1.93 bits per heavy atom. The first-order valence-corrected chi connectivity index (χ1v) is 10.3.